The number of nitriles is 1. The molecule has 0 aliphatic carbocycles. The summed E-state index contributed by atoms with van der Waals surface area (Å²) in [6.07, 6.45) is 0.164. The molecule has 0 saturated heterocycles. The molecule has 1 N–H and O–H groups in total. The fraction of sp³-hybridized carbons (Fsp3) is 0.250. The highest BCUT2D eigenvalue weighted by Crippen LogP contribution is 2.28. The van der Waals surface area contributed by atoms with E-state index < -0.39 is 11.9 Å². The second kappa shape index (κ2) is 6.98. The monoisotopic (exact) mass is 300 g/mol. The van der Waals surface area contributed by atoms with Crippen LogP contribution >= 0.6 is 23.2 Å². The zero-order valence-corrected chi connectivity index (χ0v) is 11.5. The van der Waals surface area contributed by atoms with E-state index in [1.807, 2.05) is 6.07 Å². The smallest absolute Gasteiger partial charge is 0.339 e. The van der Waals surface area contributed by atoms with Gasteiger partial charge in [0.05, 0.1) is 40.8 Å². The molecule has 0 aliphatic rings. The number of benzene rings is 1. The zero-order valence-electron chi connectivity index (χ0n) is 10.00. The lowest BCUT2D eigenvalue weighted by Gasteiger charge is -2.10. The van der Waals surface area contributed by atoms with Crippen molar-refractivity contribution in [3.63, 3.8) is 0 Å². The van der Waals surface area contributed by atoms with E-state index in [9.17, 15) is 9.59 Å². The highest BCUT2D eigenvalue weighted by molar-refractivity contribution is 6.41. The van der Waals surface area contributed by atoms with Crippen LogP contribution in [0.3, 0.4) is 0 Å². The van der Waals surface area contributed by atoms with E-state index >= 15 is 0 Å². The van der Waals surface area contributed by atoms with Crippen molar-refractivity contribution >= 4 is 35.1 Å². The number of methoxy groups -OCH3 is 1. The number of ether oxygens (including phenoxy) is 1. The lowest BCUT2D eigenvalue weighted by molar-refractivity contribution is 0.0601. The SMILES string of the molecule is COC(=O)c1ccc(Cl)c(C(=O)NCCC#N)c1Cl. The Balaban J connectivity index is 3.09. The summed E-state index contributed by atoms with van der Waals surface area (Å²) in [4.78, 5) is 23.3. The largest absolute Gasteiger partial charge is 0.465 e. The van der Waals surface area contributed by atoms with Gasteiger partial charge in [0.15, 0.2) is 0 Å². The number of amides is 1. The van der Waals surface area contributed by atoms with Crippen LogP contribution < -0.4 is 5.32 Å². The van der Waals surface area contributed by atoms with Crippen molar-refractivity contribution in [2.24, 2.45) is 0 Å². The van der Waals surface area contributed by atoms with Gasteiger partial charge in [-0.05, 0) is 12.1 Å². The van der Waals surface area contributed by atoms with E-state index in [-0.39, 0.29) is 34.1 Å². The number of hydrogen-bond acceptors (Lipinski definition) is 4. The average Bonchev–Trinajstić information content (AvgIpc) is 2.38. The molecule has 7 heteroatoms. The summed E-state index contributed by atoms with van der Waals surface area (Å²) < 4.78 is 4.55. The Bertz CT molecular complexity index is 553. The van der Waals surface area contributed by atoms with Crippen molar-refractivity contribution in [1.82, 2.24) is 5.32 Å². The van der Waals surface area contributed by atoms with E-state index in [1.54, 1.807) is 0 Å². The molecule has 0 aliphatic heterocycles. The van der Waals surface area contributed by atoms with Crippen molar-refractivity contribution in [2.45, 2.75) is 6.42 Å². The third kappa shape index (κ3) is 3.60. The first-order valence-corrected chi connectivity index (χ1v) is 6.00. The fourth-order valence-corrected chi connectivity index (χ4v) is 1.97. The molecular weight excluding hydrogens is 291 g/mol. The van der Waals surface area contributed by atoms with Crippen LogP contribution in [0.1, 0.15) is 27.1 Å². The Hall–Kier alpha value is -1.77. The molecule has 1 aromatic carbocycles. The minimum absolute atomic E-state index is 0.0100. The third-order valence-electron chi connectivity index (χ3n) is 2.25. The van der Waals surface area contributed by atoms with Crippen LogP contribution in [0.25, 0.3) is 0 Å². The maximum Gasteiger partial charge on any atom is 0.339 e. The maximum atomic E-state index is 11.9. The van der Waals surface area contributed by atoms with Crippen molar-refractivity contribution < 1.29 is 14.3 Å². The van der Waals surface area contributed by atoms with Crippen molar-refractivity contribution in [1.29, 1.82) is 5.26 Å². The molecule has 1 amide bonds. The lowest BCUT2D eigenvalue weighted by atomic mass is 10.1. The normalized spacial score (nSPS) is 9.58. The standard InChI is InChI=1S/C12H10Cl2N2O3/c1-19-12(18)7-3-4-8(13)9(10(7)14)11(17)16-6-2-5-15/h3-4H,2,6H2,1H3,(H,16,17). The van der Waals surface area contributed by atoms with Gasteiger partial charge in [-0.15, -0.1) is 0 Å². The van der Waals surface area contributed by atoms with Crippen molar-refractivity contribution in [3.8, 4) is 6.07 Å². The van der Waals surface area contributed by atoms with Gasteiger partial charge in [0.25, 0.3) is 5.91 Å². The molecule has 19 heavy (non-hydrogen) atoms. The summed E-state index contributed by atoms with van der Waals surface area (Å²) >= 11 is 11.9. The maximum absolute atomic E-state index is 11.9. The van der Waals surface area contributed by atoms with Gasteiger partial charge in [0.2, 0.25) is 0 Å². The lowest BCUT2D eigenvalue weighted by Crippen LogP contribution is -2.25. The quantitative estimate of drug-likeness (QED) is 0.684. The number of nitrogens with one attached hydrogen (secondary N) is 1. The third-order valence-corrected chi connectivity index (χ3v) is 2.95. The molecule has 5 nitrogen and oxygen atoms in total. The molecule has 0 heterocycles. The highest BCUT2D eigenvalue weighted by Gasteiger charge is 2.21. The Morgan fingerprint density at radius 3 is 2.68 bits per heavy atom. The van der Waals surface area contributed by atoms with E-state index in [0.717, 1.165) is 0 Å². The van der Waals surface area contributed by atoms with Crippen LogP contribution in [0, 0.1) is 11.3 Å². The Kier molecular flexibility index (Phi) is 5.61. The minimum Gasteiger partial charge on any atom is -0.465 e. The number of nitrogens with zero attached hydrogens (tertiary/aromatic N) is 1. The number of carbonyl (C=O) groups is 2. The van der Waals surface area contributed by atoms with Crippen LogP contribution in [0.4, 0.5) is 0 Å². The van der Waals surface area contributed by atoms with Gasteiger partial charge < -0.3 is 10.1 Å². The fourth-order valence-electron chi connectivity index (χ4n) is 1.35. The first kappa shape index (κ1) is 15.3. The van der Waals surface area contributed by atoms with Gasteiger partial charge in [-0.3, -0.25) is 4.79 Å². The van der Waals surface area contributed by atoms with Gasteiger partial charge in [-0.25, -0.2) is 4.79 Å². The molecule has 0 bridgehead atoms. The first-order chi connectivity index (χ1) is 9.02. The van der Waals surface area contributed by atoms with Crippen LogP contribution in [0.2, 0.25) is 10.0 Å². The molecule has 0 spiro atoms. The van der Waals surface area contributed by atoms with E-state index in [2.05, 4.69) is 10.1 Å². The molecule has 1 aromatic rings. The van der Waals surface area contributed by atoms with Gasteiger partial charge in [-0.2, -0.15) is 5.26 Å². The number of carbonyl (C=O) groups excluding carboxylic acids is 2. The summed E-state index contributed by atoms with van der Waals surface area (Å²) in [5, 5.41) is 10.9. The van der Waals surface area contributed by atoms with Crippen LogP contribution in [-0.2, 0) is 4.74 Å². The molecule has 1 rings (SSSR count). The average molecular weight is 301 g/mol. The molecular formula is C12H10Cl2N2O3. The van der Waals surface area contributed by atoms with E-state index in [4.69, 9.17) is 28.5 Å². The molecule has 0 radical (unpaired) electrons. The van der Waals surface area contributed by atoms with Crippen molar-refractivity contribution in [2.75, 3.05) is 13.7 Å². The predicted molar refractivity (Wildman–Crippen MR) is 70.4 cm³/mol. The molecule has 0 aromatic heterocycles. The van der Waals surface area contributed by atoms with Gasteiger partial charge in [0, 0.05) is 6.54 Å². The van der Waals surface area contributed by atoms with Gasteiger partial charge in [0.1, 0.15) is 0 Å². The van der Waals surface area contributed by atoms with Crippen molar-refractivity contribution in [3.05, 3.63) is 33.3 Å². The zero-order chi connectivity index (χ0) is 14.4. The van der Waals surface area contributed by atoms with Gasteiger partial charge >= 0.3 is 5.97 Å². The minimum atomic E-state index is -0.659. The molecule has 0 atom stereocenters. The van der Waals surface area contributed by atoms with Gasteiger partial charge in [-0.1, -0.05) is 23.2 Å². The van der Waals surface area contributed by atoms with E-state index in [0.29, 0.717) is 0 Å². The number of esters is 1. The summed E-state index contributed by atoms with van der Waals surface area (Å²) in [5.74, 6) is -1.20. The molecule has 0 saturated carbocycles. The summed E-state index contributed by atoms with van der Waals surface area (Å²) in [7, 11) is 1.21. The number of halogens is 2. The number of hydrogen-bond donors (Lipinski definition) is 1. The molecule has 0 fully saturated rings. The molecule has 0 unspecified atom stereocenters. The number of rotatable bonds is 4. The Morgan fingerprint density at radius 1 is 1.42 bits per heavy atom. The summed E-state index contributed by atoms with van der Waals surface area (Å²) in [6, 6.07) is 4.65. The van der Waals surface area contributed by atoms with Crippen LogP contribution in [-0.4, -0.2) is 25.5 Å². The second-order valence-electron chi connectivity index (χ2n) is 3.44. The summed E-state index contributed by atoms with van der Waals surface area (Å²) in [5.41, 5.74) is 0.0446. The Labute approximate surface area is 120 Å². The van der Waals surface area contributed by atoms with E-state index in [1.165, 1.54) is 19.2 Å². The van der Waals surface area contributed by atoms with Crippen LogP contribution in [0.5, 0.6) is 0 Å². The predicted octanol–water partition coefficient (Wildman–Crippen LogP) is 2.42. The first-order valence-electron chi connectivity index (χ1n) is 5.24. The Morgan fingerprint density at radius 2 is 2.11 bits per heavy atom. The van der Waals surface area contributed by atoms with Crippen LogP contribution in [0.15, 0.2) is 12.1 Å². The molecule has 100 valence electrons. The summed E-state index contributed by atoms with van der Waals surface area (Å²) in [6.45, 7) is 0.171. The second-order valence-corrected chi connectivity index (χ2v) is 4.22. The highest BCUT2D eigenvalue weighted by atomic mass is 35.5. The topological polar surface area (TPSA) is 79.2 Å².